The molecule has 0 amide bonds. The number of hydrogen-bond donors (Lipinski definition) is 1. The summed E-state index contributed by atoms with van der Waals surface area (Å²) in [4.78, 5) is 0. The first-order valence-electron chi connectivity index (χ1n) is 4.43. The number of aliphatic hydroxyl groups is 1. The third-order valence-electron chi connectivity index (χ3n) is 2.15. The standard InChI is InChI=1S/C10H5F6NO/c11-9(12,13)7-1-5(3-17)2-8(6(7)4-18)10(14,15)16/h1-2,18H,4H2. The Balaban J connectivity index is 3.68. The van der Waals surface area contributed by atoms with Gasteiger partial charge >= 0.3 is 12.4 Å². The van der Waals surface area contributed by atoms with E-state index in [2.05, 4.69) is 0 Å². The van der Waals surface area contributed by atoms with Crippen molar-refractivity contribution in [3.8, 4) is 6.07 Å². The van der Waals surface area contributed by atoms with Gasteiger partial charge in [0, 0.05) is 5.56 Å². The molecule has 0 fully saturated rings. The Morgan fingerprint density at radius 3 is 1.61 bits per heavy atom. The minimum Gasteiger partial charge on any atom is -0.392 e. The van der Waals surface area contributed by atoms with Crippen LogP contribution < -0.4 is 0 Å². The monoisotopic (exact) mass is 269 g/mol. The molecule has 0 aliphatic heterocycles. The highest BCUT2D eigenvalue weighted by Crippen LogP contribution is 2.40. The zero-order valence-electron chi connectivity index (χ0n) is 8.52. The molecule has 1 N–H and O–H groups in total. The van der Waals surface area contributed by atoms with E-state index >= 15 is 0 Å². The number of nitrogens with zero attached hydrogens (tertiary/aromatic N) is 1. The smallest absolute Gasteiger partial charge is 0.392 e. The minimum atomic E-state index is -5.08. The highest BCUT2D eigenvalue weighted by molar-refractivity contribution is 5.46. The first kappa shape index (κ1) is 14.3. The number of benzene rings is 1. The van der Waals surface area contributed by atoms with Crippen LogP contribution in [0.4, 0.5) is 26.3 Å². The maximum Gasteiger partial charge on any atom is 0.416 e. The Morgan fingerprint density at radius 2 is 1.39 bits per heavy atom. The van der Waals surface area contributed by atoms with Crippen LogP contribution in [0.15, 0.2) is 12.1 Å². The normalized spacial score (nSPS) is 12.3. The molecule has 1 aromatic carbocycles. The lowest BCUT2D eigenvalue weighted by Gasteiger charge is -2.17. The summed E-state index contributed by atoms with van der Waals surface area (Å²) in [5, 5.41) is 17.1. The lowest BCUT2D eigenvalue weighted by Crippen LogP contribution is -2.17. The van der Waals surface area contributed by atoms with E-state index in [1.165, 1.54) is 6.07 Å². The molecular formula is C10H5F6NO. The topological polar surface area (TPSA) is 44.0 Å². The molecule has 1 aromatic rings. The Kier molecular flexibility index (Phi) is 3.57. The molecular weight excluding hydrogens is 264 g/mol. The van der Waals surface area contributed by atoms with E-state index in [1.54, 1.807) is 0 Å². The van der Waals surface area contributed by atoms with Crippen molar-refractivity contribution in [1.29, 1.82) is 5.26 Å². The second-order valence-electron chi connectivity index (χ2n) is 3.32. The molecule has 8 heteroatoms. The highest BCUT2D eigenvalue weighted by Gasteiger charge is 2.41. The maximum atomic E-state index is 12.5. The van der Waals surface area contributed by atoms with Crippen LogP contribution in [0.5, 0.6) is 0 Å². The molecule has 0 spiro atoms. The molecule has 0 aliphatic carbocycles. The van der Waals surface area contributed by atoms with Gasteiger partial charge in [-0.05, 0) is 12.1 Å². The van der Waals surface area contributed by atoms with Crippen molar-refractivity contribution in [2.24, 2.45) is 0 Å². The predicted octanol–water partition coefficient (Wildman–Crippen LogP) is 3.09. The Morgan fingerprint density at radius 1 is 1.00 bits per heavy atom. The average Bonchev–Trinajstić information content (AvgIpc) is 2.24. The van der Waals surface area contributed by atoms with Gasteiger partial charge in [-0.3, -0.25) is 0 Å². The third-order valence-corrected chi connectivity index (χ3v) is 2.15. The molecule has 1 rings (SSSR count). The van der Waals surface area contributed by atoms with Gasteiger partial charge in [-0.15, -0.1) is 0 Å². The van der Waals surface area contributed by atoms with E-state index in [9.17, 15) is 26.3 Å². The molecule has 0 saturated carbocycles. The van der Waals surface area contributed by atoms with E-state index < -0.39 is 41.2 Å². The molecule has 18 heavy (non-hydrogen) atoms. The molecule has 0 unspecified atom stereocenters. The lowest BCUT2D eigenvalue weighted by molar-refractivity contribution is -0.145. The Hall–Kier alpha value is -1.75. The second kappa shape index (κ2) is 4.49. The average molecular weight is 269 g/mol. The summed E-state index contributed by atoms with van der Waals surface area (Å²) in [5.74, 6) is 0. The quantitative estimate of drug-likeness (QED) is 0.796. The molecule has 98 valence electrons. The number of hydrogen-bond acceptors (Lipinski definition) is 2. The SMILES string of the molecule is N#Cc1cc(C(F)(F)F)c(CO)c(C(F)(F)F)c1. The van der Waals surface area contributed by atoms with Crippen molar-refractivity contribution in [2.75, 3.05) is 0 Å². The zero-order chi connectivity index (χ0) is 14.1. The number of aliphatic hydroxyl groups excluding tert-OH is 1. The van der Waals surface area contributed by atoms with E-state index in [1.807, 2.05) is 0 Å². The third kappa shape index (κ3) is 2.73. The van der Waals surface area contributed by atoms with Gasteiger partial charge in [-0.25, -0.2) is 0 Å². The fourth-order valence-electron chi connectivity index (χ4n) is 1.41. The number of halogens is 6. The van der Waals surface area contributed by atoms with Gasteiger partial charge in [0.1, 0.15) is 0 Å². The lowest BCUT2D eigenvalue weighted by atomic mass is 9.97. The number of alkyl halides is 6. The predicted molar refractivity (Wildman–Crippen MR) is 47.1 cm³/mol. The van der Waals surface area contributed by atoms with E-state index in [0.29, 0.717) is 0 Å². The summed E-state index contributed by atoms with van der Waals surface area (Å²) in [5.41, 5.74) is -5.37. The van der Waals surface area contributed by atoms with E-state index in [4.69, 9.17) is 10.4 Å². The number of nitriles is 1. The van der Waals surface area contributed by atoms with Crippen LogP contribution in [0, 0.1) is 11.3 Å². The van der Waals surface area contributed by atoms with Crippen molar-refractivity contribution in [2.45, 2.75) is 19.0 Å². The van der Waals surface area contributed by atoms with Gasteiger partial charge in [-0.1, -0.05) is 0 Å². The van der Waals surface area contributed by atoms with Crippen LogP contribution in [0.3, 0.4) is 0 Å². The van der Waals surface area contributed by atoms with Crippen molar-refractivity contribution in [3.05, 3.63) is 34.4 Å². The Bertz CT molecular complexity index is 462. The first-order chi connectivity index (χ1) is 8.11. The van der Waals surface area contributed by atoms with Crippen LogP contribution >= 0.6 is 0 Å². The minimum absolute atomic E-state index is 0.279. The molecule has 0 aliphatic rings. The molecule has 0 radical (unpaired) electrons. The van der Waals surface area contributed by atoms with Gasteiger partial charge in [0.25, 0.3) is 0 Å². The molecule has 0 aromatic heterocycles. The highest BCUT2D eigenvalue weighted by atomic mass is 19.4. The van der Waals surface area contributed by atoms with Crippen LogP contribution in [0.25, 0.3) is 0 Å². The summed E-state index contributed by atoms with van der Waals surface area (Å²) in [7, 11) is 0. The summed E-state index contributed by atoms with van der Waals surface area (Å²) in [6.45, 7) is -1.42. The van der Waals surface area contributed by atoms with Gasteiger partial charge in [-0.2, -0.15) is 31.6 Å². The van der Waals surface area contributed by atoms with Crippen molar-refractivity contribution in [1.82, 2.24) is 0 Å². The fraction of sp³-hybridized carbons (Fsp3) is 0.300. The van der Waals surface area contributed by atoms with Crippen molar-refractivity contribution in [3.63, 3.8) is 0 Å². The molecule has 0 heterocycles. The zero-order valence-corrected chi connectivity index (χ0v) is 8.52. The molecule has 0 saturated heterocycles. The van der Waals surface area contributed by atoms with Gasteiger partial charge in [0.05, 0.1) is 29.4 Å². The van der Waals surface area contributed by atoms with Crippen LogP contribution in [0.2, 0.25) is 0 Å². The van der Waals surface area contributed by atoms with Gasteiger partial charge in [0.2, 0.25) is 0 Å². The largest absolute Gasteiger partial charge is 0.416 e. The molecule has 0 atom stereocenters. The van der Waals surface area contributed by atoms with E-state index in [0.717, 1.165) is 0 Å². The van der Waals surface area contributed by atoms with Crippen molar-refractivity contribution < 1.29 is 31.4 Å². The van der Waals surface area contributed by atoms with Crippen LogP contribution in [-0.2, 0) is 19.0 Å². The van der Waals surface area contributed by atoms with Crippen molar-refractivity contribution >= 4 is 0 Å². The summed E-state index contributed by atoms with van der Waals surface area (Å²) in [6, 6.07) is 1.78. The summed E-state index contributed by atoms with van der Waals surface area (Å²) in [6.07, 6.45) is -10.2. The Labute approximate surface area is 97.1 Å². The van der Waals surface area contributed by atoms with Gasteiger partial charge in [0.15, 0.2) is 0 Å². The summed E-state index contributed by atoms with van der Waals surface area (Å²) >= 11 is 0. The maximum absolute atomic E-state index is 12.5. The first-order valence-corrected chi connectivity index (χ1v) is 4.43. The molecule has 2 nitrogen and oxygen atoms in total. The van der Waals surface area contributed by atoms with Crippen LogP contribution in [0.1, 0.15) is 22.3 Å². The second-order valence-corrected chi connectivity index (χ2v) is 3.32. The van der Waals surface area contributed by atoms with Gasteiger partial charge < -0.3 is 5.11 Å². The fourth-order valence-corrected chi connectivity index (χ4v) is 1.41. The number of rotatable bonds is 1. The molecule has 0 bridgehead atoms. The summed E-state index contributed by atoms with van der Waals surface area (Å²) < 4.78 is 75.2. The van der Waals surface area contributed by atoms with E-state index in [-0.39, 0.29) is 12.1 Å². The van der Waals surface area contributed by atoms with Crippen LogP contribution in [-0.4, -0.2) is 5.11 Å².